The summed E-state index contributed by atoms with van der Waals surface area (Å²) in [6.07, 6.45) is -2.06. The zero-order chi connectivity index (χ0) is 18.7. The summed E-state index contributed by atoms with van der Waals surface area (Å²) in [5, 5.41) is 7.73. The molecule has 1 fully saturated rings. The number of alkyl halides is 3. The standard InChI is InChI=1S/C17H19F3N4O2/c1-26-11-13-5-6-23(8-13)16(25)15-10-24(22-21-15)9-12-3-2-4-14(7-12)17(18,19)20/h2-4,7,10,13H,5-6,8-9,11H2,1H3/t13-/m1/s1. The molecule has 0 spiro atoms. The zero-order valence-corrected chi connectivity index (χ0v) is 14.2. The van der Waals surface area contributed by atoms with Gasteiger partial charge in [-0.15, -0.1) is 5.10 Å². The molecule has 2 heterocycles. The minimum Gasteiger partial charge on any atom is -0.384 e. The van der Waals surface area contributed by atoms with Crippen molar-refractivity contribution in [1.29, 1.82) is 0 Å². The van der Waals surface area contributed by atoms with Gasteiger partial charge < -0.3 is 9.64 Å². The number of hydrogen-bond acceptors (Lipinski definition) is 4. The Hall–Kier alpha value is -2.42. The molecule has 0 aliphatic carbocycles. The molecule has 140 valence electrons. The smallest absolute Gasteiger partial charge is 0.384 e. The minimum atomic E-state index is -4.39. The number of ether oxygens (including phenoxy) is 1. The Morgan fingerprint density at radius 2 is 2.19 bits per heavy atom. The van der Waals surface area contributed by atoms with Gasteiger partial charge in [0.25, 0.3) is 5.91 Å². The van der Waals surface area contributed by atoms with Gasteiger partial charge >= 0.3 is 6.18 Å². The van der Waals surface area contributed by atoms with Crippen molar-refractivity contribution in [1.82, 2.24) is 19.9 Å². The molecular weight excluding hydrogens is 349 g/mol. The number of methoxy groups -OCH3 is 1. The number of aromatic nitrogens is 3. The molecule has 1 aromatic heterocycles. The first-order valence-electron chi connectivity index (χ1n) is 8.21. The molecule has 0 bridgehead atoms. The average Bonchev–Trinajstić information content (AvgIpc) is 3.24. The summed E-state index contributed by atoms with van der Waals surface area (Å²) in [6, 6.07) is 5.01. The number of carbonyl (C=O) groups is 1. The first-order chi connectivity index (χ1) is 12.4. The topological polar surface area (TPSA) is 60.2 Å². The van der Waals surface area contributed by atoms with Crippen LogP contribution in [0.15, 0.2) is 30.5 Å². The monoisotopic (exact) mass is 368 g/mol. The number of nitrogens with zero attached hydrogens (tertiary/aromatic N) is 4. The third-order valence-corrected chi connectivity index (χ3v) is 4.33. The van der Waals surface area contributed by atoms with Crippen molar-refractivity contribution in [3.63, 3.8) is 0 Å². The summed E-state index contributed by atoms with van der Waals surface area (Å²) in [7, 11) is 1.63. The molecule has 1 aliphatic heterocycles. The van der Waals surface area contributed by atoms with Crippen molar-refractivity contribution in [3.8, 4) is 0 Å². The first-order valence-corrected chi connectivity index (χ1v) is 8.21. The first kappa shape index (κ1) is 18.4. The lowest BCUT2D eigenvalue weighted by atomic mass is 10.1. The molecule has 1 aliphatic rings. The highest BCUT2D eigenvalue weighted by atomic mass is 19.4. The predicted molar refractivity (Wildman–Crippen MR) is 86.5 cm³/mol. The molecule has 1 saturated heterocycles. The highest BCUT2D eigenvalue weighted by molar-refractivity contribution is 5.92. The summed E-state index contributed by atoms with van der Waals surface area (Å²) in [5.41, 5.74) is -0.0900. The Kier molecular flexibility index (Phi) is 5.26. The molecule has 2 aromatic rings. The molecule has 3 rings (SSSR count). The number of amides is 1. The van der Waals surface area contributed by atoms with Crippen LogP contribution >= 0.6 is 0 Å². The van der Waals surface area contributed by atoms with Gasteiger partial charge in [-0.25, -0.2) is 4.68 Å². The number of halogens is 3. The molecule has 1 amide bonds. The zero-order valence-electron chi connectivity index (χ0n) is 14.2. The summed E-state index contributed by atoms with van der Waals surface area (Å²) < 4.78 is 44.8. The Morgan fingerprint density at radius 1 is 1.38 bits per heavy atom. The van der Waals surface area contributed by atoms with E-state index in [1.165, 1.54) is 16.9 Å². The largest absolute Gasteiger partial charge is 0.416 e. The highest BCUT2D eigenvalue weighted by Crippen LogP contribution is 2.29. The molecule has 0 radical (unpaired) electrons. The van der Waals surface area contributed by atoms with Crippen LogP contribution in [-0.2, 0) is 17.5 Å². The van der Waals surface area contributed by atoms with Gasteiger partial charge in [0, 0.05) is 26.1 Å². The van der Waals surface area contributed by atoms with E-state index in [0.29, 0.717) is 31.2 Å². The van der Waals surface area contributed by atoms with Crippen LogP contribution in [0.1, 0.15) is 28.0 Å². The fourth-order valence-electron chi connectivity index (χ4n) is 3.06. The van der Waals surface area contributed by atoms with Crippen molar-refractivity contribution in [2.45, 2.75) is 19.1 Å². The van der Waals surface area contributed by atoms with Crippen LogP contribution in [0.3, 0.4) is 0 Å². The third kappa shape index (κ3) is 4.21. The third-order valence-electron chi connectivity index (χ3n) is 4.33. The number of benzene rings is 1. The van der Waals surface area contributed by atoms with E-state index < -0.39 is 11.7 Å². The fourth-order valence-corrected chi connectivity index (χ4v) is 3.06. The van der Waals surface area contributed by atoms with Crippen molar-refractivity contribution in [2.75, 3.05) is 26.8 Å². The van der Waals surface area contributed by atoms with Crippen molar-refractivity contribution < 1.29 is 22.7 Å². The van der Waals surface area contributed by atoms with Crippen molar-refractivity contribution >= 4 is 5.91 Å². The van der Waals surface area contributed by atoms with Crippen LogP contribution in [-0.4, -0.2) is 52.6 Å². The molecule has 26 heavy (non-hydrogen) atoms. The lowest BCUT2D eigenvalue weighted by Crippen LogP contribution is -2.29. The second kappa shape index (κ2) is 7.45. The number of likely N-dealkylation sites (tertiary alicyclic amines) is 1. The van der Waals surface area contributed by atoms with Gasteiger partial charge in [0.05, 0.1) is 24.9 Å². The van der Waals surface area contributed by atoms with Crippen molar-refractivity contribution in [2.24, 2.45) is 5.92 Å². The van der Waals surface area contributed by atoms with Gasteiger partial charge in [-0.2, -0.15) is 13.2 Å². The van der Waals surface area contributed by atoms with Crippen LogP contribution in [0.2, 0.25) is 0 Å². The summed E-state index contributed by atoms with van der Waals surface area (Å²) in [6.45, 7) is 1.95. The second-order valence-electron chi connectivity index (χ2n) is 6.36. The van der Waals surface area contributed by atoms with E-state index in [-0.39, 0.29) is 18.1 Å². The van der Waals surface area contributed by atoms with Gasteiger partial charge in [0.2, 0.25) is 0 Å². The molecular formula is C17H19F3N4O2. The molecule has 0 N–H and O–H groups in total. The van der Waals surface area contributed by atoms with E-state index in [9.17, 15) is 18.0 Å². The van der Waals surface area contributed by atoms with Crippen LogP contribution < -0.4 is 0 Å². The van der Waals surface area contributed by atoms with Crippen molar-refractivity contribution in [3.05, 3.63) is 47.3 Å². The quantitative estimate of drug-likeness (QED) is 0.814. The fraction of sp³-hybridized carbons (Fsp3) is 0.471. The molecule has 0 unspecified atom stereocenters. The van der Waals surface area contributed by atoms with E-state index >= 15 is 0 Å². The Labute approximate surface area is 148 Å². The lowest BCUT2D eigenvalue weighted by molar-refractivity contribution is -0.137. The number of hydrogen-bond donors (Lipinski definition) is 0. The minimum absolute atomic E-state index is 0.108. The summed E-state index contributed by atoms with van der Waals surface area (Å²) in [4.78, 5) is 14.2. The number of carbonyl (C=O) groups excluding carboxylic acids is 1. The van der Waals surface area contributed by atoms with Crippen LogP contribution in [0.4, 0.5) is 13.2 Å². The second-order valence-corrected chi connectivity index (χ2v) is 6.36. The molecule has 0 saturated carbocycles. The predicted octanol–water partition coefficient (Wildman–Crippen LogP) is 2.45. The summed E-state index contributed by atoms with van der Waals surface area (Å²) in [5.74, 6) is 0.0861. The van der Waals surface area contributed by atoms with Gasteiger partial charge in [0.15, 0.2) is 5.69 Å². The normalized spacial score (nSPS) is 17.7. The Balaban J connectivity index is 1.66. The Morgan fingerprint density at radius 3 is 2.92 bits per heavy atom. The van der Waals surface area contributed by atoms with E-state index in [4.69, 9.17) is 4.74 Å². The molecule has 9 heteroatoms. The van der Waals surface area contributed by atoms with Gasteiger partial charge in [0.1, 0.15) is 0 Å². The average molecular weight is 368 g/mol. The lowest BCUT2D eigenvalue weighted by Gasteiger charge is -2.14. The maximum absolute atomic E-state index is 12.8. The summed E-state index contributed by atoms with van der Waals surface area (Å²) >= 11 is 0. The molecule has 1 atom stereocenters. The van der Waals surface area contributed by atoms with Crippen LogP contribution in [0.25, 0.3) is 0 Å². The van der Waals surface area contributed by atoms with E-state index in [1.54, 1.807) is 18.1 Å². The maximum Gasteiger partial charge on any atom is 0.416 e. The van der Waals surface area contributed by atoms with Crippen LogP contribution in [0.5, 0.6) is 0 Å². The molecule has 6 nitrogen and oxygen atoms in total. The van der Waals surface area contributed by atoms with Gasteiger partial charge in [-0.05, 0) is 24.1 Å². The van der Waals surface area contributed by atoms with Gasteiger partial charge in [-0.3, -0.25) is 4.79 Å². The van der Waals surface area contributed by atoms with E-state index in [2.05, 4.69) is 10.3 Å². The van der Waals surface area contributed by atoms with E-state index in [0.717, 1.165) is 18.6 Å². The van der Waals surface area contributed by atoms with Crippen LogP contribution in [0, 0.1) is 5.92 Å². The highest BCUT2D eigenvalue weighted by Gasteiger charge is 2.30. The number of rotatable bonds is 5. The SMILES string of the molecule is COC[C@@H]1CCN(C(=O)c2cn(Cc3cccc(C(F)(F)F)c3)nn2)C1. The Bertz CT molecular complexity index is 775. The van der Waals surface area contributed by atoms with E-state index in [1.807, 2.05) is 0 Å². The van der Waals surface area contributed by atoms with Gasteiger partial charge in [-0.1, -0.05) is 17.3 Å². The molecule has 1 aromatic carbocycles. The maximum atomic E-state index is 12.8.